The maximum absolute atomic E-state index is 5.91. The van der Waals surface area contributed by atoms with Gasteiger partial charge < -0.3 is 20.2 Å². The molecule has 0 aliphatic rings. The van der Waals surface area contributed by atoms with Gasteiger partial charge in [0.1, 0.15) is 23.6 Å². The van der Waals surface area contributed by atoms with Crippen molar-refractivity contribution < 1.29 is 9.15 Å². The molecule has 2 aromatic carbocycles. The molecule has 0 atom stereocenters. The van der Waals surface area contributed by atoms with E-state index < -0.39 is 0 Å². The number of benzene rings is 2. The molecular weight excluding hydrogens is 278 g/mol. The molecule has 0 aliphatic carbocycles. The summed E-state index contributed by atoms with van der Waals surface area (Å²) < 4.78 is 11.0. The minimum absolute atomic E-state index is 0.310. The van der Waals surface area contributed by atoms with Gasteiger partial charge in [0.05, 0.1) is 12.8 Å². The van der Waals surface area contributed by atoms with Crippen LogP contribution in [0, 0.1) is 0 Å². The van der Waals surface area contributed by atoms with Gasteiger partial charge >= 0.3 is 0 Å². The first-order valence-electron chi connectivity index (χ1n) is 6.93. The van der Waals surface area contributed by atoms with Gasteiger partial charge in [-0.3, -0.25) is 0 Å². The largest absolute Gasteiger partial charge is 0.495 e. The molecule has 3 rings (SSSR count). The van der Waals surface area contributed by atoms with Crippen molar-refractivity contribution in [3.05, 3.63) is 60.4 Å². The highest BCUT2D eigenvalue weighted by Gasteiger charge is 2.04. The predicted octanol–water partition coefficient (Wildman–Crippen LogP) is 3.37. The second-order valence-electron chi connectivity index (χ2n) is 4.78. The maximum atomic E-state index is 5.91. The van der Waals surface area contributed by atoms with Gasteiger partial charge in [0, 0.05) is 5.39 Å². The third-order valence-electron chi connectivity index (χ3n) is 3.25. The van der Waals surface area contributed by atoms with Crippen molar-refractivity contribution in [1.82, 2.24) is 0 Å². The molecule has 0 fully saturated rings. The van der Waals surface area contributed by atoms with Crippen LogP contribution in [0.4, 0.5) is 5.69 Å². The number of nitrogens with one attached hydrogen (secondary N) is 1. The zero-order chi connectivity index (χ0) is 15.4. The van der Waals surface area contributed by atoms with E-state index in [1.54, 1.807) is 7.11 Å². The Morgan fingerprint density at radius 2 is 1.95 bits per heavy atom. The van der Waals surface area contributed by atoms with Crippen LogP contribution in [-0.4, -0.2) is 13.1 Å². The first kappa shape index (κ1) is 14.0. The molecule has 0 saturated carbocycles. The first-order chi connectivity index (χ1) is 10.8. The van der Waals surface area contributed by atoms with Gasteiger partial charge in [-0.05, 0) is 24.3 Å². The van der Waals surface area contributed by atoms with E-state index >= 15 is 0 Å². The van der Waals surface area contributed by atoms with Gasteiger partial charge in [-0.15, -0.1) is 0 Å². The van der Waals surface area contributed by atoms with E-state index in [2.05, 4.69) is 10.3 Å². The van der Waals surface area contributed by atoms with Crippen molar-refractivity contribution in [3.63, 3.8) is 0 Å². The van der Waals surface area contributed by atoms with E-state index in [0.29, 0.717) is 18.3 Å². The number of aliphatic imine (C=N–C) groups is 1. The molecule has 0 unspecified atom stereocenters. The van der Waals surface area contributed by atoms with Crippen LogP contribution in [0.25, 0.3) is 11.0 Å². The molecule has 1 heterocycles. The molecule has 1 aromatic heterocycles. The Balaban J connectivity index is 1.71. The summed E-state index contributed by atoms with van der Waals surface area (Å²) in [5, 5.41) is 4.09. The van der Waals surface area contributed by atoms with Crippen LogP contribution in [-0.2, 0) is 6.54 Å². The number of para-hydroxylation sites is 3. The summed E-state index contributed by atoms with van der Waals surface area (Å²) in [4.78, 5) is 4.29. The van der Waals surface area contributed by atoms with Crippen LogP contribution in [0.5, 0.6) is 5.75 Å². The lowest BCUT2D eigenvalue weighted by molar-refractivity contribution is 0.417. The molecule has 0 radical (unpaired) electrons. The number of hydrogen-bond acceptors (Lipinski definition) is 3. The van der Waals surface area contributed by atoms with E-state index in [4.69, 9.17) is 14.9 Å². The molecule has 0 bridgehead atoms. The summed E-state index contributed by atoms with van der Waals surface area (Å²) in [6.45, 7) is 0.378. The van der Waals surface area contributed by atoms with Crippen LogP contribution in [0.3, 0.4) is 0 Å². The van der Waals surface area contributed by atoms with Crippen LogP contribution in [0.15, 0.2) is 64.0 Å². The number of methoxy groups -OCH3 is 1. The summed E-state index contributed by atoms with van der Waals surface area (Å²) in [5.74, 6) is 1.79. The molecule has 0 spiro atoms. The van der Waals surface area contributed by atoms with Crippen LogP contribution < -0.4 is 15.8 Å². The molecule has 0 aliphatic heterocycles. The summed E-state index contributed by atoms with van der Waals surface area (Å²) in [6, 6.07) is 17.3. The summed E-state index contributed by atoms with van der Waals surface area (Å²) in [6.07, 6.45) is 0. The molecular formula is C17H17N3O2. The summed E-state index contributed by atoms with van der Waals surface area (Å²) in [7, 11) is 1.61. The van der Waals surface area contributed by atoms with Crippen LogP contribution in [0.1, 0.15) is 5.76 Å². The summed E-state index contributed by atoms with van der Waals surface area (Å²) in [5.41, 5.74) is 7.54. The minimum atomic E-state index is 0.310. The Morgan fingerprint density at radius 1 is 1.18 bits per heavy atom. The second kappa shape index (κ2) is 6.22. The fourth-order valence-corrected chi connectivity index (χ4v) is 2.20. The van der Waals surface area contributed by atoms with Gasteiger partial charge in [0.15, 0.2) is 5.96 Å². The lowest BCUT2D eigenvalue weighted by atomic mass is 10.2. The van der Waals surface area contributed by atoms with Crippen molar-refractivity contribution in [3.8, 4) is 5.75 Å². The highest BCUT2D eigenvalue weighted by atomic mass is 16.5. The molecule has 5 nitrogen and oxygen atoms in total. The average Bonchev–Trinajstić information content (AvgIpc) is 2.96. The fourth-order valence-electron chi connectivity index (χ4n) is 2.20. The second-order valence-corrected chi connectivity index (χ2v) is 4.78. The molecule has 5 heteroatoms. The van der Waals surface area contributed by atoms with E-state index in [9.17, 15) is 0 Å². The van der Waals surface area contributed by atoms with Crippen molar-refractivity contribution in [1.29, 1.82) is 0 Å². The molecule has 3 aromatic rings. The Labute approximate surface area is 128 Å². The number of guanidine groups is 1. The number of anilines is 1. The van der Waals surface area contributed by atoms with Gasteiger partial charge in [-0.2, -0.15) is 0 Å². The number of ether oxygens (including phenoxy) is 1. The highest BCUT2D eigenvalue weighted by Crippen LogP contribution is 2.23. The lowest BCUT2D eigenvalue weighted by Crippen LogP contribution is -2.22. The van der Waals surface area contributed by atoms with E-state index in [1.807, 2.05) is 54.6 Å². The van der Waals surface area contributed by atoms with Gasteiger partial charge in [0.2, 0.25) is 0 Å². The fraction of sp³-hybridized carbons (Fsp3) is 0.118. The smallest absolute Gasteiger partial charge is 0.193 e. The average molecular weight is 295 g/mol. The van der Waals surface area contributed by atoms with Crippen LogP contribution in [0.2, 0.25) is 0 Å². The standard InChI is InChI=1S/C17H17N3O2/c1-21-16-9-5-3-7-14(16)20-17(18)19-11-13-10-12-6-2-4-8-15(12)22-13/h2-10H,11H2,1H3,(H3,18,19,20). The monoisotopic (exact) mass is 295 g/mol. The van der Waals surface area contributed by atoms with Crippen molar-refractivity contribution in [2.24, 2.45) is 10.7 Å². The number of nitrogens with two attached hydrogens (primary N) is 1. The van der Waals surface area contributed by atoms with E-state index in [1.165, 1.54) is 0 Å². The number of furan rings is 1. The summed E-state index contributed by atoms with van der Waals surface area (Å²) >= 11 is 0. The molecule has 0 saturated heterocycles. The SMILES string of the molecule is COc1ccccc1NC(N)=NCc1cc2ccccc2o1. The molecule has 3 N–H and O–H groups in total. The van der Waals surface area contributed by atoms with E-state index in [-0.39, 0.29) is 0 Å². The first-order valence-corrected chi connectivity index (χ1v) is 6.93. The molecule has 112 valence electrons. The topological polar surface area (TPSA) is 72.8 Å². The normalized spacial score (nSPS) is 11.6. The zero-order valence-electron chi connectivity index (χ0n) is 12.2. The maximum Gasteiger partial charge on any atom is 0.193 e. The number of hydrogen-bond donors (Lipinski definition) is 2. The molecule has 22 heavy (non-hydrogen) atoms. The Morgan fingerprint density at radius 3 is 2.77 bits per heavy atom. The third kappa shape index (κ3) is 3.03. The Hall–Kier alpha value is -2.95. The lowest BCUT2D eigenvalue weighted by Gasteiger charge is -2.09. The quantitative estimate of drug-likeness (QED) is 0.572. The zero-order valence-corrected chi connectivity index (χ0v) is 12.2. The van der Waals surface area contributed by atoms with Crippen molar-refractivity contribution in [2.45, 2.75) is 6.54 Å². The number of fused-ring (bicyclic) bond motifs is 1. The third-order valence-corrected chi connectivity index (χ3v) is 3.25. The van der Waals surface area contributed by atoms with Crippen molar-refractivity contribution >= 4 is 22.6 Å². The Kier molecular flexibility index (Phi) is 3.96. The molecule has 0 amide bonds. The van der Waals surface area contributed by atoms with Gasteiger partial charge in [-0.25, -0.2) is 4.99 Å². The Bertz CT molecular complexity index is 775. The number of rotatable bonds is 4. The van der Waals surface area contributed by atoms with Crippen molar-refractivity contribution in [2.75, 3.05) is 12.4 Å². The van der Waals surface area contributed by atoms with Gasteiger partial charge in [0.25, 0.3) is 0 Å². The minimum Gasteiger partial charge on any atom is -0.495 e. The van der Waals surface area contributed by atoms with E-state index in [0.717, 1.165) is 22.4 Å². The van der Waals surface area contributed by atoms with Crippen LogP contribution >= 0.6 is 0 Å². The highest BCUT2D eigenvalue weighted by molar-refractivity contribution is 5.93. The van der Waals surface area contributed by atoms with Gasteiger partial charge in [-0.1, -0.05) is 30.3 Å². The number of nitrogens with zero attached hydrogens (tertiary/aromatic N) is 1. The predicted molar refractivity (Wildman–Crippen MR) is 88.2 cm³/mol.